The molecule has 0 N–H and O–H groups in total. The molecular formula is C71H70B9N. The molecule has 14 rings (SSSR count). The quantitative estimate of drug-likeness (QED) is 0.0944. The van der Waals surface area contributed by atoms with Crippen LogP contribution in [0.5, 0.6) is 0 Å². The second-order valence-corrected chi connectivity index (χ2v) is 29.9. The lowest BCUT2D eigenvalue weighted by atomic mass is 9.27. The summed E-state index contributed by atoms with van der Waals surface area (Å²) in [5.74, 6) is 3.52. The molecule has 0 saturated heterocycles. The van der Waals surface area contributed by atoms with Crippen LogP contribution in [0.15, 0.2) is 94.8 Å². The number of hydrogen-bond donors (Lipinski definition) is 0. The summed E-state index contributed by atoms with van der Waals surface area (Å²) in [5, 5.41) is 2.43. The number of benzene rings is 6. The topological polar surface area (TPSA) is 4.93 Å². The number of allylic oxidation sites excluding steroid dienone is 4. The predicted molar refractivity (Wildman–Crippen MR) is 356 cm³/mol. The summed E-state index contributed by atoms with van der Waals surface area (Å²) < 4.78 is 2.71. The Morgan fingerprint density at radius 2 is 1.04 bits per heavy atom. The van der Waals surface area contributed by atoms with Crippen molar-refractivity contribution in [2.45, 2.75) is 174 Å². The summed E-state index contributed by atoms with van der Waals surface area (Å²) >= 11 is 0. The molecule has 3 saturated carbocycles. The van der Waals surface area contributed by atoms with E-state index >= 15 is 0 Å². The van der Waals surface area contributed by atoms with Gasteiger partial charge in [-0.1, -0.05) is 186 Å². The molecule has 386 valence electrons. The highest BCUT2D eigenvalue weighted by molar-refractivity contribution is 7.03. The Kier molecular flexibility index (Phi) is 11.8. The summed E-state index contributed by atoms with van der Waals surface area (Å²) in [6.07, 6.45) is 13.7. The highest BCUT2D eigenvalue weighted by Crippen LogP contribution is 2.56. The van der Waals surface area contributed by atoms with Crippen molar-refractivity contribution >= 4 is 139 Å². The molecule has 2 bridgehead atoms. The number of aromatic nitrogens is 1. The molecule has 1 nitrogen and oxygen atoms in total. The van der Waals surface area contributed by atoms with Gasteiger partial charge >= 0.3 is 0 Å². The van der Waals surface area contributed by atoms with E-state index in [4.69, 9.17) is 61.3 Å². The van der Waals surface area contributed by atoms with Crippen molar-refractivity contribution in [2.24, 2.45) is 11.3 Å². The minimum Gasteiger partial charge on any atom is -0.311 e. The van der Waals surface area contributed by atoms with Gasteiger partial charge in [-0.25, -0.2) is 0 Å². The summed E-state index contributed by atoms with van der Waals surface area (Å²) in [5.41, 5.74) is 23.4. The number of terminal acetylenes is 1. The molecule has 5 aliphatic carbocycles. The van der Waals surface area contributed by atoms with Crippen LogP contribution in [0, 0.1) is 23.7 Å². The molecule has 2 aliphatic heterocycles. The van der Waals surface area contributed by atoms with Crippen LogP contribution >= 0.6 is 0 Å². The fourth-order valence-electron chi connectivity index (χ4n) is 18.0. The first-order valence-corrected chi connectivity index (χ1v) is 29.9. The van der Waals surface area contributed by atoms with Gasteiger partial charge in [0, 0.05) is 49.2 Å². The van der Waals surface area contributed by atoms with Crippen molar-refractivity contribution in [1.82, 2.24) is 4.57 Å². The van der Waals surface area contributed by atoms with Crippen LogP contribution < -0.4 is 49.2 Å². The maximum absolute atomic E-state index is 7.80. The van der Waals surface area contributed by atoms with E-state index in [1.54, 1.807) is 0 Å². The zero-order valence-corrected chi connectivity index (χ0v) is 50.7. The number of rotatable bonds is 5. The molecule has 0 spiro atoms. The molecule has 3 fully saturated rings. The zero-order valence-electron chi connectivity index (χ0n) is 50.7. The van der Waals surface area contributed by atoms with Gasteiger partial charge in [-0.05, 0) is 150 Å². The Hall–Kier alpha value is -5.26. The van der Waals surface area contributed by atoms with E-state index in [9.17, 15) is 0 Å². The van der Waals surface area contributed by atoms with E-state index < -0.39 is 33.8 Å². The van der Waals surface area contributed by atoms with Gasteiger partial charge < -0.3 is 4.57 Å². The lowest BCUT2D eigenvalue weighted by Gasteiger charge is -2.49. The molecule has 6 aromatic carbocycles. The number of hydrogen-bond acceptors (Lipinski definition) is 0. The van der Waals surface area contributed by atoms with E-state index in [1.807, 2.05) is 0 Å². The highest BCUT2D eigenvalue weighted by Gasteiger charge is 2.54. The second-order valence-electron chi connectivity index (χ2n) is 29.9. The average molecular weight is 1030 g/mol. The number of nitrogens with zero attached hydrogens (tertiary/aromatic N) is 1. The molecule has 0 amide bonds. The Bertz CT molecular complexity index is 4060. The van der Waals surface area contributed by atoms with Crippen LogP contribution in [-0.2, 0) is 32.5 Å². The van der Waals surface area contributed by atoms with Gasteiger partial charge in [0.2, 0.25) is 13.4 Å². The first-order chi connectivity index (χ1) is 37.8. The van der Waals surface area contributed by atoms with Crippen LogP contribution in [-0.4, -0.2) is 72.9 Å². The summed E-state index contributed by atoms with van der Waals surface area (Å²) in [6.45, 7) is 31.4. The monoisotopic (exact) mass is 1040 g/mol. The standard InChI is InChI=1S/C71H70B9N/c1-16-46(72)52(65(2,3)4)54(74)47(73)35-79-48-31-37(71-28-25-36(26-29-71)27-30-71)32-49-64(48)81-62-38(33-44-50(59(62)79)69(12,13)42-23-19-17-21-40(42)67(44,8)9)39-34-45-51(70(14,15)43-24-20-18-22-41(43)68(45,10)11)60(63(39)81)80(49)61-57(77)55(75)53(66(5,6)7)56(76)58(61)78/h1,17-24,31-34,36H,25-30,35H2,2-15H3/b52-46-,54-47-. The summed E-state index contributed by atoms with van der Waals surface area (Å²) in [7, 11) is 52.5. The van der Waals surface area contributed by atoms with Crippen molar-refractivity contribution in [3.05, 3.63) is 150 Å². The normalized spacial score (nSPS) is 21.7. The zero-order chi connectivity index (χ0) is 58.1. The maximum atomic E-state index is 7.80. The minimum atomic E-state index is -0.493. The summed E-state index contributed by atoms with van der Waals surface area (Å²) in [6, 6.07) is 28.7. The lowest BCUT2D eigenvalue weighted by Crippen LogP contribution is -2.72. The van der Waals surface area contributed by atoms with Crippen molar-refractivity contribution in [2.75, 3.05) is 0 Å². The third-order valence-corrected chi connectivity index (χ3v) is 21.9. The molecule has 14 radical (unpaired) electrons. The average Bonchev–Trinajstić information content (AvgIpc) is 2.38. The lowest BCUT2D eigenvalue weighted by molar-refractivity contribution is 0.136. The SMILES string of the molecule is [B]/C(CB1c2cc(C34CCC(CC3)CC4)cc3c2-n2c4c1c1c(cc4c4cc5c(c(c42)B3c2c([B])c([B])c(C(C)(C)C)c([B])c2[B])C(C)(C)c2ccccc2C5(C)C)C(C)(C)c2ccccc2C1(C)C)=C([B])/C(=C(/[B])C#C)C(C)(C)C. The Morgan fingerprint density at radius 3 is 1.49 bits per heavy atom. The smallest absolute Gasteiger partial charge is 0.245 e. The van der Waals surface area contributed by atoms with Gasteiger partial charge in [-0.2, -0.15) is 0 Å². The van der Waals surface area contributed by atoms with E-state index in [1.165, 1.54) is 113 Å². The van der Waals surface area contributed by atoms with Gasteiger partial charge in [0.15, 0.2) is 0 Å². The molecule has 0 atom stereocenters. The van der Waals surface area contributed by atoms with Crippen LogP contribution in [0.4, 0.5) is 0 Å². The second kappa shape index (κ2) is 17.4. The van der Waals surface area contributed by atoms with Crippen molar-refractivity contribution in [1.29, 1.82) is 0 Å². The Morgan fingerprint density at radius 1 is 0.593 bits per heavy atom. The number of fused-ring (bicyclic) bond motifs is 10. The maximum Gasteiger partial charge on any atom is 0.245 e. The largest absolute Gasteiger partial charge is 0.311 e. The first kappa shape index (κ1) is 55.0. The molecule has 10 heteroatoms. The Balaban J connectivity index is 1.30. The van der Waals surface area contributed by atoms with Crippen LogP contribution in [0.25, 0.3) is 27.5 Å². The van der Waals surface area contributed by atoms with Crippen LogP contribution in [0.2, 0.25) is 6.32 Å². The van der Waals surface area contributed by atoms with Crippen molar-refractivity contribution in [3.63, 3.8) is 0 Å². The van der Waals surface area contributed by atoms with Gasteiger partial charge in [0.25, 0.3) is 0 Å². The molecule has 7 aliphatic rings. The van der Waals surface area contributed by atoms with Crippen molar-refractivity contribution < 1.29 is 0 Å². The molecular weight excluding hydrogens is 964 g/mol. The van der Waals surface area contributed by atoms with Gasteiger partial charge in [-0.15, -0.1) is 39.2 Å². The third kappa shape index (κ3) is 7.18. The molecule has 0 unspecified atom stereocenters. The minimum absolute atomic E-state index is 0.0288. The molecule has 7 aromatic rings. The Labute approximate surface area is 495 Å². The van der Waals surface area contributed by atoms with E-state index in [0.717, 1.165) is 41.9 Å². The van der Waals surface area contributed by atoms with Crippen LogP contribution in [0.3, 0.4) is 0 Å². The fourth-order valence-corrected chi connectivity index (χ4v) is 18.0. The highest BCUT2D eigenvalue weighted by atomic mass is 15.0. The summed E-state index contributed by atoms with van der Waals surface area (Å²) in [4.78, 5) is 0. The van der Waals surface area contributed by atoms with Gasteiger partial charge in [0.1, 0.15) is 54.9 Å². The molecule has 1 aromatic heterocycles. The first-order valence-electron chi connectivity index (χ1n) is 29.9. The van der Waals surface area contributed by atoms with Gasteiger partial charge in [-0.3, -0.25) is 0 Å². The fraction of sp³-hybridized carbons (Fsp3) is 0.408. The van der Waals surface area contributed by atoms with Crippen LogP contribution in [0.1, 0.15) is 191 Å². The van der Waals surface area contributed by atoms with E-state index in [2.05, 4.69) is 180 Å². The van der Waals surface area contributed by atoms with E-state index in [-0.39, 0.29) is 17.5 Å². The third-order valence-electron chi connectivity index (χ3n) is 21.9. The predicted octanol–water partition coefficient (Wildman–Crippen LogP) is 7.81. The molecule has 81 heavy (non-hydrogen) atoms. The molecule has 3 heterocycles. The van der Waals surface area contributed by atoms with Gasteiger partial charge in [0.05, 0.1) is 0 Å². The van der Waals surface area contributed by atoms with E-state index in [0.29, 0.717) is 50.2 Å². The van der Waals surface area contributed by atoms with Crippen molar-refractivity contribution in [3.8, 4) is 18.0 Å².